The molecule has 3 heterocycles. The molecular weight excluding hydrogens is 490 g/mol. The average Bonchev–Trinajstić information content (AvgIpc) is 3.22. The summed E-state index contributed by atoms with van der Waals surface area (Å²) in [6.45, 7) is 4.51. The molecule has 0 aromatic heterocycles. The fourth-order valence-corrected chi connectivity index (χ4v) is 7.26. The number of imide groups is 1. The monoisotopic (exact) mass is 530 g/mol. The molecule has 4 aliphatic rings. The molecule has 4 fully saturated rings. The zero-order chi connectivity index (χ0) is 27.2. The summed E-state index contributed by atoms with van der Waals surface area (Å²) >= 11 is 0. The lowest BCUT2D eigenvalue weighted by Crippen LogP contribution is -2.59. The van der Waals surface area contributed by atoms with Crippen LogP contribution in [0.3, 0.4) is 0 Å². The predicted molar refractivity (Wildman–Crippen MR) is 139 cm³/mol. The Morgan fingerprint density at radius 3 is 2.18 bits per heavy atom. The number of nitrogens with one attached hydrogen (secondary N) is 1. The zero-order valence-corrected chi connectivity index (χ0v) is 22.7. The molecule has 1 aromatic rings. The molecule has 1 saturated carbocycles. The van der Waals surface area contributed by atoms with Gasteiger partial charge in [0.1, 0.15) is 5.54 Å². The summed E-state index contributed by atoms with van der Waals surface area (Å²) in [6, 6.07) is 9.65. The van der Waals surface area contributed by atoms with E-state index in [1.165, 1.54) is 4.90 Å². The third-order valence-electron chi connectivity index (χ3n) is 9.47. The predicted octanol–water partition coefficient (Wildman–Crippen LogP) is 4.73. The molecule has 2 unspecified atom stereocenters. The molecule has 1 aromatic carbocycles. The lowest BCUT2D eigenvalue weighted by molar-refractivity contribution is -0.138. The number of alkyl halides is 2. The van der Waals surface area contributed by atoms with Crippen LogP contribution in [0.2, 0.25) is 0 Å². The van der Waals surface area contributed by atoms with Gasteiger partial charge in [0.25, 0.3) is 5.91 Å². The van der Waals surface area contributed by atoms with Gasteiger partial charge in [0.2, 0.25) is 11.8 Å². The van der Waals surface area contributed by atoms with E-state index in [0.717, 1.165) is 24.9 Å². The van der Waals surface area contributed by atoms with Crippen LogP contribution in [0.5, 0.6) is 0 Å². The van der Waals surface area contributed by atoms with E-state index in [9.17, 15) is 23.2 Å². The molecular formula is C29H40F2N4O3. The van der Waals surface area contributed by atoms with E-state index in [0.29, 0.717) is 19.3 Å². The molecule has 4 amide bonds. The SMILES string of the molecule is CC(C)N1C(=O)N(C)C2(CC3CCC(C2)N3CC[C@H](NC(=O)C2CCC(F)(F)CC2)c2ccccc2)C1=O. The Balaban J connectivity index is 1.26. The standard InChI is InChI=1S/C29H40F2N4O3/c1-19(2)35-26(37)28(33(3)27(35)38)17-22-9-10-23(18-28)34(22)16-13-24(20-7-5-4-6-8-20)32-25(36)21-11-14-29(30,31)15-12-21/h4-8,19,21-24H,9-18H2,1-3H3,(H,32,36)/t22?,23?,24-,28?/m0/s1. The number of carbonyl (C=O) groups excluding carboxylic acids is 3. The van der Waals surface area contributed by atoms with Crippen molar-refractivity contribution in [2.75, 3.05) is 13.6 Å². The summed E-state index contributed by atoms with van der Waals surface area (Å²) in [5.74, 6) is -3.24. The van der Waals surface area contributed by atoms with Crippen molar-refractivity contribution in [2.24, 2.45) is 5.92 Å². The Morgan fingerprint density at radius 2 is 1.63 bits per heavy atom. The maximum absolute atomic E-state index is 13.6. The molecule has 2 bridgehead atoms. The van der Waals surface area contributed by atoms with Crippen molar-refractivity contribution in [1.82, 2.24) is 20.0 Å². The highest BCUT2D eigenvalue weighted by molar-refractivity contribution is 6.07. The summed E-state index contributed by atoms with van der Waals surface area (Å²) in [5, 5.41) is 3.18. The molecule has 3 atom stereocenters. The molecule has 3 aliphatic heterocycles. The van der Waals surface area contributed by atoms with E-state index in [1.807, 2.05) is 44.2 Å². The quantitative estimate of drug-likeness (QED) is 0.518. The third-order valence-corrected chi connectivity index (χ3v) is 9.47. The van der Waals surface area contributed by atoms with Crippen molar-refractivity contribution in [1.29, 1.82) is 0 Å². The van der Waals surface area contributed by atoms with Gasteiger partial charge >= 0.3 is 6.03 Å². The van der Waals surface area contributed by atoms with Gasteiger partial charge in [-0.2, -0.15) is 0 Å². The lowest BCUT2D eigenvalue weighted by Gasteiger charge is -2.46. The Kier molecular flexibility index (Phi) is 7.26. The average molecular weight is 531 g/mol. The summed E-state index contributed by atoms with van der Waals surface area (Å²) in [7, 11) is 1.76. The number of nitrogens with zero attached hydrogens (tertiary/aromatic N) is 3. The molecule has 1 N–H and O–H groups in total. The van der Waals surface area contributed by atoms with Crippen LogP contribution in [0.15, 0.2) is 30.3 Å². The summed E-state index contributed by atoms with van der Waals surface area (Å²) < 4.78 is 27.3. The van der Waals surface area contributed by atoms with Crippen LogP contribution in [0.4, 0.5) is 13.6 Å². The van der Waals surface area contributed by atoms with Crippen molar-refractivity contribution >= 4 is 17.8 Å². The van der Waals surface area contributed by atoms with Crippen molar-refractivity contribution in [3.05, 3.63) is 35.9 Å². The van der Waals surface area contributed by atoms with Gasteiger partial charge in [-0.3, -0.25) is 19.4 Å². The number of amides is 4. The second kappa shape index (κ2) is 10.2. The fourth-order valence-electron chi connectivity index (χ4n) is 7.26. The van der Waals surface area contributed by atoms with E-state index in [1.54, 1.807) is 11.9 Å². The Bertz CT molecular complexity index is 1040. The number of piperidine rings is 1. The summed E-state index contributed by atoms with van der Waals surface area (Å²) in [5.41, 5.74) is 0.242. The van der Waals surface area contributed by atoms with Gasteiger partial charge < -0.3 is 10.2 Å². The van der Waals surface area contributed by atoms with Gasteiger partial charge in [0.15, 0.2) is 0 Å². The number of likely N-dealkylation sites (N-methyl/N-ethyl adjacent to an activating group) is 1. The Hall–Kier alpha value is -2.55. The van der Waals surface area contributed by atoms with Crippen molar-refractivity contribution < 1.29 is 23.2 Å². The Morgan fingerprint density at radius 1 is 1.03 bits per heavy atom. The molecule has 208 valence electrons. The van der Waals surface area contributed by atoms with Crippen molar-refractivity contribution in [2.45, 2.75) is 107 Å². The molecule has 9 heteroatoms. The van der Waals surface area contributed by atoms with Gasteiger partial charge in [-0.15, -0.1) is 0 Å². The maximum Gasteiger partial charge on any atom is 0.327 e. The van der Waals surface area contributed by atoms with Crippen LogP contribution in [0, 0.1) is 5.92 Å². The van der Waals surface area contributed by atoms with E-state index in [4.69, 9.17) is 0 Å². The minimum absolute atomic E-state index is 0.0657. The van der Waals surface area contributed by atoms with E-state index >= 15 is 0 Å². The number of hydrogen-bond donors (Lipinski definition) is 1. The molecule has 1 spiro atoms. The van der Waals surface area contributed by atoms with E-state index in [2.05, 4.69) is 10.2 Å². The normalized spacial score (nSPS) is 30.5. The van der Waals surface area contributed by atoms with Gasteiger partial charge in [0.05, 0.1) is 6.04 Å². The highest BCUT2D eigenvalue weighted by Gasteiger charge is 2.62. The summed E-state index contributed by atoms with van der Waals surface area (Å²) in [6.07, 6.45) is 3.90. The molecule has 7 nitrogen and oxygen atoms in total. The third kappa shape index (κ3) is 4.82. The molecule has 3 saturated heterocycles. The number of hydrogen-bond acceptors (Lipinski definition) is 4. The second-order valence-corrected chi connectivity index (χ2v) is 12.1. The molecule has 1 aliphatic carbocycles. The number of fused-ring (bicyclic) bond motifs is 2. The first-order valence-corrected chi connectivity index (χ1v) is 14.1. The van der Waals surface area contributed by atoms with Crippen LogP contribution in [0.1, 0.15) is 83.2 Å². The first-order chi connectivity index (χ1) is 18.0. The van der Waals surface area contributed by atoms with Crippen molar-refractivity contribution in [3.8, 4) is 0 Å². The fraction of sp³-hybridized carbons (Fsp3) is 0.690. The van der Waals surface area contributed by atoms with Gasteiger partial charge in [-0.05, 0) is 64.4 Å². The molecule has 5 rings (SSSR count). The second-order valence-electron chi connectivity index (χ2n) is 12.1. The van der Waals surface area contributed by atoms with Crippen LogP contribution in [-0.4, -0.2) is 75.7 Å². The van der Waals surface area contributed by atoms with Crippen LogP contribution in [-0.2, 0) is 9.59 Å². The van der Waals surface area contributed by atoms with Crippen LogP contribution >= 0.6 is 0 Å². The maximum atomic E-state index is 13.6. The zero-order valence-electron chi connectivity index (χ0n) is 22.7. The number of rotatable bonds is 7. The highest BCUT2D eigenvalue weighted by atomic mass is 19.3. The van der Waals surface area contributed by atoms with Gasteiger partial charge in [0, 0.05) is 50.5 Å². The molecule has 38 heavy (non-hydrogen) atoms. The van der Waals surface area contributed by atoms with Crippen LogP contribution < -0.4 is 5.32 Å². The first-order valence-electron chi connectivity index (χ1n) is 14.1. The van der Waals surface area contributed by atoms with Gasteiger partial charge in [-0.1, -0.05) is 30.3 Å². The summed E-state index contributed by atoms with van der Waals surface area (Å²) in [4.78, 5) is 45.1. The van der Waals surface area contributed by atoms with E-state index in [-0.39, 0.29) is 73.6 Å². The number of benzene rings is 1. The number of halogens is 2. The largest absolute Gasteiger partial charge is 0.349 e. The number of urea groups is 1. The van der Waals surface area contributed by atoms with Crippen molar-refractivity contribution in [3.63, 3.8) is 0 Å². The minimum atomic E-state index is -2.66. The minimum Gasteiger partial charge on any atom is -0.349 e. The van der Waals surface area contributed by atoms with Crippen LogP contribution in [0.25, 0.3) is 0 Å². The Labute approximate surface area is 223 Å². The smallest absolute Gasteiger partial charge is 0.327 e. The van der Waals surface area contributed by atoms with E-state index < -0.39 is 11.5 Å². The van der Waals surface area contributed by atoms with Gasteiger partial charge in [-0.25, -0.2) is 13.6 Å². The highest BCUT2D eigenvalue weighted by Crippen LogP contribution is 2.47. The topological polar surface area (TPSA) is 73.0 Å². The lowest BCUT2D eigenvalue weighted by atomic mass is 9.81. The first kappa shape index (κ1) is 27.0. The number of carbonyl (C=O) groups is 3. The molecule has 0 radical (unpaired) electrons.